The summed E-state index contributed by atoms with van der Waals surface area (Å²) in [6.07, 6.45) is 3.67. The van der Waals surface area contributed by atoms with Crippen molar-refractivity contribution in [2.75, 3.05) is 7.05 Å². The van der Waals surface area contributed by atoms with E-state index in [9.17, 15) is 8.78 Å². The van der Waals surface area contributed by atoms with Crippen molar-refractivity contribution in [3.05, 3.63) is 35.5 Å². The fourth-order valence-electron chi connectivity index (χ4n) is 2.44. The lowest BCUT2D eigenvalue weighted by atomic mass is 9.99. The van der Waals surface area contributed by atoms with Crippen LogP contribution in [-0.4, -0.2) is 11.6 Å². The second-order valence-electron chi connectivity index (χ2n) is 4.20. The fraction of sp³-hybridized carbons (Fsp3) is 0.467. The van der Waals surface area contributed by atoms with Crippen molar-refractivity contribution >= 4 is 10.9 Å². The van der Waals surface area contributed by atoms with Crippen molar-refractivity contribution in [1.29, 1.82) is 0 Å². The van der Waals surface area contributed by atoms with Crippen LogP contribution in [0.5, 0.6) is 0 Å². The molecule has 1 atom stereocenters. The number of benzene rings is 1. The van der Waals surface area contributed by atoms with Gasteiger partial charge in [0, 0.05) is 17.6 Å². The van der Waals surface area contributed by atoms with E-state index in [2.05, 4.69) is 12.7 Å². The van der Waals surface area contributed by atoms with Gasteiger partial charge in [0.2, 0.25) is 0 Å². The molecule has 0 spiro atoms. The molecule has 2 nitrogen and oxygen atoms in total. The Morgan fingerprint density at radius 2 is 1.89 bits per heavy atom. The Morgan fingerprint density at radius 3 is 2.53 bits per heavy atom. The van der Waals surface area contributed by atoms with E-state index in [-0.39, 0.29) is 0 Å². The van der Waals surface area contributed by atoms with Crippen LogP contribution in [0.1, 0.15) is 38.8 Å². The van der Waals surface area contributed by atoms with Gasteiger partial charge in [0.25, 0.3) is 0 Å². The molecular weight excluding hydrogens is 246 g/mol. The molecule has 106 valence electrons. The molecule has 1 aliphatic heterocycles. The third kappa shape index (κ3) is 2.63. The lowest BCUT2D eigenvalue weighted by molar-refractivity contribution is 0.491. The molecule has 0 amide bonds. The van der Waals surface area contributed by atoms with Crippen LogP contribution in [-0.2, 0) is 6.42 Å². The van der Waals surface area contributed by atoms with Crippen molar-refractivity contribution in [1.82, 2.24) is 4.57 Å². The Labute approximate surface area is 113 Å². The van der Waals surface area contributed by atoms with E-state index < -0.39 is 11.6 Å². The smallest absolute Gasteiger partial charge is 0.168 e. The summed E-state index contributed by atoms with van der Waals surface area (Å²) < 4.78 is 28.8. The van der Waals surface area contributed by atoms with Gasteiger partial charge in [-0.25, -0.2) is 8.78 Å². The summed E-state index contributed by atoms with van der Waals surface area (Å²) >= 11 is 0. The summed E-state index contributed by atoms with van der Waals surface area (Å²) in [6, 6.07) is 3.37. The maximum absolute atomic E-state index is 13.5. The molecule has 1 aromatic heterocycles. The van der Waals surface area contributed by atoms with Crippen LogP contribution < -0.4 is 5.73 Å². The molecule has 3 rings (SSSR count). The number of hydrogen-bond donors (Lipinski definition) is 1. The van der Waals surface area contributed by atoms with Gasteiger partial charge in [-0.15, -0.1) is 0 Å². The average Bonchev–Trinajstić information content (AvgIpc) is 2.91. The number of nitrogens with two attached hydrogens (primary N) is 1. The molecule has 0 saturated carbocycles. The highest BCUT2D eigenvalue weighted by Gasteiger charge is 2.21. The maximum atomic E-state index is 13.5. The zero-order chi connectivity index (χ0) is 14.6. The number of hydrogen-bond acceptors (Lipinski definition) is 1. The first kappa shape index (κ1) is 15.6. The third-order valence-electron chi connectivity index (χ3n) is 3.27. The van der Waals surface area contributed by atoms with Crippen LogP contribution in [0.4, 0.5) is 8.78 Å². The lowest BCUT2D eigenvalue weighted by Crippen LogP contribution is -2.12. The van der Waals surface area contributed by atoms with E-state index in [4.69, 9.17) is 0 Å². The van der Waals surface area contributed by atoms with Crippen LogP contribution in [0.15, 0.2) is 18.3 Å². The quantitative estimate of drug-likeness (QED) is 0.768. The SMILES string of the molecule is CC.CC1CCc2cc(F)c(F)c3ccn1c23.CN. The van der Waals surface area contributed by atoms with Crippen LogP contribution >= 0.6 is 0 Å². The molecule has 1 unspecified atom stereocenters. The minimum atomic E-state index is -0.732. The van der Waals surface area contributed by atoms with E-state index in [0.717, 1.165) is 23.9 Å². The number of halogens is 2. The minimum Gasteiger partial charge on any atom is -0.344 e. The minimum absolute atomic E-state index is 0.375. The monoisotopic (exact) mass is 268 g/mol. The first-order chi connectivity index (χ1) is 9.18. The second-order valence-corrected chi connectivity index (χ2v) is 4.20. The van der Waals surface area contributed by atoms with E-state index in [1.807, 2.05) is 24.6 Å². The molecule has 2 N–H and O–H groups in total. The molecule has 4 heteroatoms. The van der Waals surface area contributed by atoms with E-state index in [1.54, 1.807) is 6.07 Å². The summed E-state index contributed by atoms with van der Waals surface area (Å²) in [7, 11) is 1.50. The van der Waals surface area contributed by atoms with Crippen molar-refractivity contribution in [2.45, 2.75) is 39.7 Å². The summed E-state index contributed by atoms with van der Waals surface area (Å²) in [4.78, 5) is 0. The zero-order valence-corrected chi connectivity index (χ0v) is 12.0. The van der Waals surface area contributed by atoms with Crippen molar-refractivity contribution in [3.8, 4) is 0 Å². The highest BCUT2D eigenvalue weighted by Crippen LogP contribution is 2.34. The van der Waals surface area contributed by atoms with Crippen molar-refractivity contribution < 1.29 is 8.78 Å². The topological polar surface area (TPSA) is 30.9 Å². The molecule has 2 heterocycles. The second kappa shape index (κ2) is 6.66. The standard InChI is InChI=1S/C12H11F2N.C2H6.CH5N/c1-7-2-3-8-6-10(13)11(14)9-4-5-15(7)12(8)9;2*1-2/h4-7H,2-3H2,1H3;1-2H3;2H2,1H3. The summed E-state index contributed by atoms with van der Waals surface area (Å²) in [5.74, 6) is -1.45. The Kier molecular flexibility index (Phi) is 5.48. The predicted octanol–water partition coefficient (Wildman–Crippen LogP) is 4.03. The van der Waals surface area contributed by atoms with E-state index in [1.165, 1.54) is 13.1 Å². The Balaban J connectivity index is 0.000000415. The third-order valence-corrected chi connectivity index (χ3v) is 3.27. The molecule has 2 aromatic rings. The Bertz CT molecular complexity index is 547. The lowest BCUT2D eigenvalue weighted by Gasteiger charge is -2.22. The van der Waals surface area contributed by atoms with Gasteiger partial charge >= 0.3 is 0 Å². The van der Waals surface area contributed by atoms with Crippen molar-refractivity contribution in [3.63, 3.8) is 0 Å². The number of rotatable bonds is 0. The van der Waals surface area contributed by atoms with Gasteiger partial charge in [-0.2, -0.15) is 0 Å². The summed E-state index contributed by atoms with van der Waals surface area (Å²) in [5.41, 5.74) is 6.29. The first-order valence-electron chi connectivity index (χ1n) is 6.73. The van der Waals surface area contributed by atoms with Gasteiger partial charge < -0.3 is 10.3 Å². The van der Waals surface area contributed by atoms with Crippen LogP contribution in [0.25, 0.3) is 10.9 Å². The van der Waals surface area contributed by atoms with Crippen LogP contribution in [0.2, 0.25) is 0 Å². The number of aryl methyl sites for hydroxylation is 1. The van der Waals surface area contributed by atoms with Gasteiger partial charge in [-0.05, 0) is 44.5 Å². The molecule has 0 aliphatic carbocycles. The maximum Gasteiger partial charge on any atom is 0.168 e. The Morgan fingerprint density at radius 1 is 1.26 bits per heavy atom. The largest absolute Gasteiger partial charge is 0.344 e. The zero-order valence-electron chi connectivity index (χ0n) is 12.0. The molecule has 0 saturated heterocycles. The predicted molar refractivity (Wildman–Crippen MR) is 76.3 cm³/mol. The molecule has 1 aromatic carbocycles. The molecule has 0 bridgehead atoms. The molecule has 0 radical (unpaired) electrons. The normalized spacial score (nSPS) is 16.3. The average molecular weight is 268 g/mol. The molecular formula is C15H22F2N2. The first-order valence-corrected chi connectivity index (χ1v) is 6.73. The summed E-state index contributed by atoms with van der Waals surface area (Å²) in [5, 5.41) is 0.413. The number of nitrogens with zero attached hydrogens (tertiary/aromatic N) is 1. The highest BCUT2D eigenvalue weighted by atomic mass is 19.2. The number of aromatic nitrogens is 1. The van der Waals surface area contributed by atoms with Crippen LogP contribution in [0, 0.1) is 11.6 Å². The molecule has 1 aliphatic rings. The van der Waals surface area contributed by atoms with Gasteiger partial charge in [-0.3, -0.25) is 0 Å². The van der Waals surface area contributed by atoms with Gasteiger partial charge in [-0.1, -0.05) is 13.8 Å². The summed E-state index contributed by atoms with van der Waals surface area (Å²) in [6.45, 7) is 6.10. The molecule has 19 heavy (non-hydrogen) atoms. The van der Waals surface area contributed by atoms with Crippen molar-refractivity contribution in [2.24, 2.45) is 5.73 Å². The Hall–Kier alpha value is -1.42. The molecule has 0 fully saturated rings. The van der Waals surface area contributed by atoms with E-state index in [0.29, 0.717) is 11.4 Å². The highest BCUT2D eigenvalue weighted by molar-refractivity contribution is 5.84. The fourth-order valence-corrected chi connectivity index (χ4v) is 2.44. The van der Waals surface area contributed by atoms with E-state index >= 15 is 0 Å². The van der Waals surface area contributed by atoms with Crippen LogP contribution in [0.3, 0.4) is 0 Å². The van der Waals surface area contributed by atoms with Gasteiger partial charge in [0.05, 0.1) is 5.52 Å². The van der Waals surface area contributed by atoms with Gasteiger partial charge in [0.1, 0.15) is 0 Å². The van der Waals surface area contributed by atoms with Gasteiger partial charge in [0.15, 0.2) is 11.6 Å².